The van der Waals surface area contributed by atoms with Gasteiger partial charge < -0.3 is 5.73 Å². The predicted octanol–water partition coefficient (Wildman–Crippen LogP) is 2.64. The van der Waals surface area contributed by atoms with Crippen molar-refractivity contribution < 1.29 is 8.42 Å². The Balaban J connectivity index is 2.35. The van der Waals surface area contributed by atoms with E-state index in [1.165, 1.54) is 10.5 Å². The lowest BCUT2D eigenvalue weighted by Gasteiger charge is -2.21. The number of pyridine rings is 1. The molecule has 0 aliphatic heterocycles. The summed E-state index contributed by atoms with van der Waals surface area (Å²) in [5, 5.41) is 0. The molecule has 2 N–H and O–H groups in total. The van der Waals surface area contributed by atoms with Crippen molar-refractivity contribution in [2.45, 2.75) is 18.4 Å². The Labute approximate surface area is 133 Å². The Morgan fingerprint density at radius 1 is 1.29 bits per heavy atom. The summed E-state index contributed by atoms with van der Waals surface area (Å²) >= 11 is 3.24. The van der Waals surface area contributed by atoms with Gasteiger partial charge in [0.2, 0.25) is 10.0 Å². The molecular weight excluding hydrogens is 354 g/mol. The van der Waals surface area contributed by atoms with Crippen molar-refractivity contribution >= 4 is 31.6 Å². The fraction of sp³-hybridized carbons (Fsp3) is 0.214. The van der Waals surface area contributed by atoms with E-state index in [2.05, 4.69) is 20.9 Å². The zero-order chi connectivity index (χ0) is 15.5. The van der Waals surface area contributed by atoms with E-state index < -0.39 is 10.0 Å². The third kappa shape index (κ3) is 3.61. The summed E-state index contributed by atoms with van der Waals surface area (Å²) in [6, 6.07) is 8.79. The number of para-hydroxylation sites is 1. The summed E-state index contributed by atoms with van der Waals surface area (Å²) in [5.41, 5.74) is 7.25. The molecule has 1 heterocycles. The van der Waals surface area contributed by atoms with Crippen LogP contribution in [0.5, 0.6) is 0 Å². The van der Waals surface area contributed by atoms with E-state index in [4.69, 9.17) is 5.73 Å². The molecular formula is C14H16BrN3O2S. The number of sulfonamides is 1. The van der Waals surface area contributed by atoms with Gasteiger partial charge in [0.25, 0.3) is 0 Å². The fourth-order valence-corrected chi connectivity index (χ4v) is 3.85. The first-order valence-corrected chi connectivity index (χ1v) is 8.62. The summed E-state index contributed by atoms with van der Waals surface area (Å²) in [7, 11) is -3.60. The number of hydrogen-bond acceptors (Lipinski definition) is 4. The molecule has 0 unspecified atom stereocenters. The number of nitrogen functional groups attached to an aromatic ring is 1. The molecule has 0 amide bonds. The molecule has 112 valence electrons. The Morgan fingerprint density at radius 3 is 2.62 bits per heavy atom. The second-order valence-corrected chi connectivity index (χ2v) is 7.32. The predicted molar refractivity (Wildman–Crippen MR) is 86.1 cm³/mol. The molecule has 0 fully saturated rings. The molecule has 0 spiro atoms. The van der Waals surface area contributed by atoms with Gasteiger partial charge in [-0.15, -0.1) is 0 Å². The van der Waals surface area contributed by atoms with Crippen LogP contribution in [0.4, 0.5) is 5.69 Å². The fourth-order valence-electron chi connectivity index (χ4n) is 1.92. The summed E-state index contributed by atoms with van der Waals surface area (Å²) in [4.78, 5) is 4.07. The third-order valence-corrected chi connectivity index (χ3v) is 5.39. The van der Waals surface area contributed by atoms with Gasteiger partial charge in [-0.25, -0.2) is 8.42 Å². The van der Waals surface area contributed by atoms with Crippen LogP contribution in [0.3, 0.4) is 0 Å². The molecule has 0 atom stereocenters. The summed E-state index contributed by atoms with van der Waals surface area (Å²) in [6.07, 6.45) is 2.89. The molecule has 0 aliphatic carbocycles. The second-order valence-electron chi connectivity index (χ2n) is 4.47. The van der Waals surface area contributed by atoms with Crippen LogP contribution < -0.4 is 5.73 Å². The summed E-state index contributed by atoms with van der Waals surface area (Å²) in [5.74, 6) is 0. The SMILES string of the molecule is CCN(Cc1ccccc1N)S(=O)(=O)c1cncc(Br)c1. The van der Waals surface area contributed by atoms with Gasteiger partial charge in [-0.05, 0) is 33.6 Å². The lowest BCUT2D eigenvalue weighted by atomic mass is 10.2. The number of nitrogens with two attached hydrogens (primary N) is 1. The molecule has 21 heavy (non-hydrogen) atoms. The maximum absolute atomic E-state index is 12.7. The quantitative estimate of drug-likeness (QED) is 0.821. The summed E-state index contributed by atoms with van der Waals surface area (Å²) in [6.45, 7) is 2.38. The lowest BCUT2D eigenvalue weighted by molar-refractivity contribution is 0.424. The Kier molecular flexibility index (Phi) is 4.97. The van der Waals surface area contributed by atoms with Crippen LogP contribution in [-0.4, -0.2) is 24.3 Å². The van der Waals surface area contributed by atoms with Gasteiger partial charge >= 0.3 is 0 Å². The molecule has 5 nitrogen and oxygen atoms in total. The highest BCUT2D eigenvalue weighted by atomic mass is 79.9. The second kappa shape index (κ2) is 6.55. The molecule has 1 aromatic carbocycles. The van der Waals surface area contributed by atoms with Gasteiger partial charge in [0.05, 0.1) is 0 Å². The van der Waals surface area contributed by atoms with E-state index in [-0.39, 0.29) is 11.4 Å². The Bertz CT molecular complexity index is 735. The van der Waals surface area contributed by atoms with E-state index >= 15 is 0 Å². The van der Waals surface area contributed by atoms with Crippen LogP contribution in [0.15, 0.2) is 52.1 Å². The summed E-state index contributed by atoms with van der Waals surface area (Å²) < 4.78 is 27.3. The van der Waals surface area contributed by atoms with Crippen LogP contribution in [-0.2, 0) is 16.6 Å². The molecule has 2 rings (SSSR count). The van der Waals surface area contributed by atoms with Gasteiger partial charge in [-0.3, -0.25) is 4.98 Å². The van der Waals surface area contributed by atoms with Crippen molar-refractivity contribution in [1.82, 2.24) is 9.29 Å². The highest BCUT2D eigenvalue weighted by Gasteiger charge is 2.24. The molecule has 0 radical (unpaired) electrons. The molecule has 0 aliphatic rings. The van der Waals surface area contributed by atoms with Crippen LogP contribution >= 0.6 is 15.9 Å². The Hall–Kier alpha value is -1.44. The van der Waals surface area contributed by atoms with Crippen molar-refractivity contribution in [3.63, 3.8) is 0 Å². The number of halogens is 1. The monoisotopic (exact) mass is 369 g/mol. The van der Waals surface area contributed by atoms with E-state index in [0.717, 1.165) is 5.56 Å². The average molecular weight is 370 g/mol. The molecule has 1 aromatic heterocycles. The van der Waals surface area contributed by atoms with Crippen molar-refractivity contribution in [2.75, 3.05) is 12.3 Å². The highest BCUT2D eigenvalue weighted by Crippen LogP contribution is 2.22. The largest absolute Gasteiger partial charge is 0.398 e. The zero-order valence-electron chi connectivity index (χ0n) is 11.5. The number of benzene rings is 1. The number of anilines is 1. The maximum Gasteiger partial charge on any atom is 0.244 e. The number of aromatic nitrogens is 1. The van der Waals surface area contributed by atoms with Crippen LogP contribution in [0.2, 0.25) is 0 Å². The topological polar surface area (TPSA) is 76.3 Å². The molecule has 0 bridgehead atoms. The van der Waals surface area contributed by atoms with Crippen molar-refractivity contribution in [3.8, 4) is 0 Å². The zero-order valence-corrected chi connectivity index (χ0v) is 13.9. The third-order valence-electron chi connectivity index (χ3n) is 3.07. The van der Waals surface area contributed by atoms with Gasteiger partial charge in [-0.2, -0.15) is 4.31 Å². The lowest BCUT2D eigenvalue weighted by Crippen LogP contribution is -2.30. The number of nitrogens with zero attached hydrogens (tertiary/aromatic N) is 2. The maximum atomic E-state index is 12.7. The Morgan fingerprint density at radius 2 is 2.00 bits per heavy atom. The highest BCUT2D eigenvalue weighted by molar-refractivity contribution is 9.10. The number of hydrogen-bond donors (Lipinski definition) is 1. The first-order chi connectivity index (χ1) is 9.95. The van der Waals surface area contributed by atoms with E-state index in [1.807, 2.05) is 18.2 Å². The average Bonchev–Trinajstić information content (AvgIpc) is 2.46. The van der Waals surface area contributed by atoms with Gasteiger partial charge in [0.1, 0.15) is 4.90 Å². The van der Waals surface area contributed by atoms with Crippen molar-refractivity contribution in [3.05, 3.63) is 52.8 Å². The normalized spacial score (nSPS) is 11.8. The molecule has 0 saturated heterocycles. The molecule has 7 heteroatoms. The van der Waals surface area contributed by atoms with Gasteiger partial charge in [0, 0.05) is 35.6 Å². The van der Waals surface area contributed by atoms with Crippen LogP contribution in [0.25, 0.3) is 0 Å². The number of rotatable bonds is 5. The van der Waals surface area contributed by atoms with Crippen molar-refractivity contribution in [2.24, 2.45) is 0 Å². The van der Waals surface area contributed by atoms with Crippen LogP contribution in [0.1, 0.15) is 12.5 Å². The van der Waals surface area contributed by atoms with Crippen LogP contribution in [0, 0.1) is 0 Å². The smallest absolute Gasteiger partial charge is 0.244 e. The minimum absolute atomic E-state index is 0.160. The minimum Gasteiger partial charge on any atom is -0.398 e. The first kappa shape index (κ1) is 15.9. The minimum atomic E-state index is -3.60. The molecule has 2 aromatic rings. The van der Waals surface area contributed by atoms with Gasteiger partial charge in [0.15, 0.2) is 0 Å². The first-order valence-electron chi connectivity index (χ1n) is 6.39. The standard InChI is InChI=1S/C14H16BrN3O2S/c1-2-18(10-11-5-3-4-6-14(11)16)21(19,20)13-7-12(15)8-17-9-13/h3-9H,2,10,16H2,1H3. The van der Waals surface area contributed by atoms with Gasteiger partial charge in [-0.1, -0.05) is 25.1 Å². The van der Waals surface area contributed by atoms with Crippen molar-refractivity contribution in [1.29, 1.82) is 0 Å². The molecule has 0 saturated carbocycles. The van der Waals surface area contributed by atoms with E-state index in [0.29, 0.717) is 16.7 Å². The van der Waals surface area contributed by atoms with E-state index in [9.17, 15) is 8.42 Å². The van der Waals surface area contributed by atoms with E-state index in [1.54, 1.807) is 25.3 Å².